The number of hydrogen-bond acceptors (Lipinski definition) is 2. The Morgan fingerprint density at radius 2 is 2.05 bits per heavy atom. The molecule has 0 aliphatic carbocycles. The largest absolute Gasteiger partial charge is 0.310 e. The zero-order chi connectivity index (χ0) is 15.2. The highest BCUT2D eigenvalue weighted by Gasteiger charge is 2.13. The molecule has 4 heteroatoms. The molecule has 0 aliphatic heterocycles. The maximum absolute atomic E-state index is 6.21. The van der Waals surface area contributed by atoms with E-state index < -0.39 is 0 Å². The molecular weight excluding hydrogens is 348 g/mol. The van der Waals surface area contributed by atoms with Gasteiger partial charge in [0, 0.05) is 27.9 Å². The number of pyridine rings is 1. The van der Waals surface area contributed by atoms with Gasteiger partial charge in [0.2, 0.25) is 0 Å². The van der Waals surface area contributed by atoms with Gasteiger partial charge in [0.05, 0.1) is 0 Å². The van der Waals surface area contributed by atoms with E-state index in [2.05, 4.69) is 52.2 Å². The zero-order valence-corrected chi connectivity index (χ0v) is 14.7. The van der Waals surface area contributed by atoms with E-state index in [1.807, 2.05) is 24.5 Å². The van der Waals surface area contributed by atoms with Crippen LogP contribution in [-0.4, -0.2) is 11.5 Å². The van der Waals surface area contributed by atoms with Crippen molar-refractivity contribution in [2.45, 2.75) is 32.7 Å². The number of aromatic nitrogens is 1. The van der Waals surface area contributed by atoms with Crippen molar-refractivity contribution in [1.29, 1.82) is 0 Å². The van der Waals surface area contributed by atoms with E-state index in [4.69, 9.17) is 11.6 Å². The summed E-state index contributed by atoms with van der Waals surface area (Å²) in [6, 6.07) is 8.60. The van der Waals surface area contributed by atoms with Crippen LogP contribution < -0.4 is 5.32 Å². The molecule has 2 nitrogen and oxygen atoms in total. The van der Waals surface area contributed by atoms with Crippen LogP contribution in [0.5, 0.6) is 0 Å². The molecule has 21 heavy (non-hydrogen) atoms. The lowest BCUT2D eigenvalue weighted by Crippen LogP contribution is -2.24. The molecule has 1 heterocycles. The van der Waals surface area contributed by atoms with Crippen molar-refractivity contribution in [2.24, 2.45) is 0 Å². The highest BCUT2D eigenvalue weighted by Crippen LogP contribution is 2.24. The summed E-state index contributed by atoms with van der Waals surface area (Å²) in [5.41, 5.74) is 3.62. The van der Waals surface area contributed by atoms with E-state index in [9.17, 15) is 0 Å². The summed E-state index contributed by atoms with van der Waals surface area (Å²) < 4.78 is 1.01. The monoisotopic (exact) mass is 366 g/mol. The molecule has 0 amide bonds. The minimum absolute atomic E-state index is 0.249. The number of benzene rings is 1. The quantitative estimate of drug-likeness (QED) is 0.769. The van der Waals surface area contributed by atoms with Gasteiger partial charge in [-0.1, -0.05) is 24.6 Å². The highest BCUT2D eigenvalue weighted by molar-refractivity contribution is 9.10. The minimum Gasteiger partial charge on any atom is -0.310 e. The molecule has 0 bridgehead atoms. The predicted octanol–water partition coefficient (Wildman–Crippen LogP) is 5.09. The van der Waals surface area contributed by atoms with E-state index in [1.165, 1.54) is 16.7 Å². The van der Waals surface area contributed by atoms with Gasteiger partial charge in [-0.25, -0.2) is 0 Å². The summed E-state index contributed by atoms with van der Waals surface area (Å²) in [5.74, 6) is 0. The van der Waals surface area contributed by atoms with Crippen LogP contribution in [0.25, 0.3) is 0 Å². The Kier molecular flexibility index (Phi) is 6.22. The number of nitrogens with one attached hydrogen (secondary N) is 1. The van der Waals surface area contributed by atoms with Gasteiger partial charge in [-0.15, -0.1) is 0 Å². The van der Waals surface area contributed by atoms with Crippen LogP contribution in [0, 0.1) is 6.92 Å². The predicted molar refractivity (Wildman–Crippen MR) is 92.9 cm³/mol. The summed E-state index contributed by atoms with van der Waals surface area (Å²) in [4.78, 5) is 4.25. The third kappa shape index (κ3) is 5.10. The lowest BCUT2D eigenvalue weighted by atomic mass is 9.98. The van der Waals surface area contributed by atoms with Gasteiger partial charge in [0.25, 0.3) is 0 Å². The number of nitrogens with zero attached hydrogens (tertiary/aromatic N) is 1. The Labute approximate surface area is 140 Å². The third-order valence-electron chi connectivity index (χ3n) is 3.31. The SMILES string of the molecule is CCCNC(Cc1cncc(Br)c1)c1cc(C)cc(Cl)c1. The number of aryl methyl sites for hydroxylation is 1. The van der Waals surface area contributed by atoms with E-state index in [1.54, 1.807) is 0 Å². The normalized spacial score (nSPS) is 12.4. The summed E-state index contributed by atoms with van der Waals surface area (Å²) in [6.45, 7) is 5.23. The Hall–Kier alpha value is -0.900. The van der Waals surface area contributed by atoms with Crippen molar-refractivity contribution in [2.75, 3.05) is 6.54 Å². The van der Waals surface area contributed by atoms with E-state index in [-0.39, 0.29) is 6.04 Å². The molecular formula is C17H20BrClN2. The first-order valence-corrected chi connectivity index (χ1v) is 8.35. The van der Waals surface area contributed by atoms with Crippen molar-refractivity contribution < 1.29 is 0 Å². The average Bonchev–Trinajstić information content (AvgIpc) is 2.42. The second-order valence-corrected chi connectivity index (χ2v) is 6.64. The van der Waals surface area contributed by atoms with Crippen LogP contribution in [0.3, 0.4) is 0 Å². The fourth-order valence-electron chi connectivity index (χ4n) is 2.40. The zero-order valence-electron chi connectivity index (χ0n) is 12.4. The van der Waals surface area contributed by atoms with Crippen LogP contribution in [0.4, 0.5) is 0 Å². The smallest absolute Gasteiger partial charge is 0.0411 e. The van der Waals surface area contributed by atoms with Crippen molar-refractivity contribution in [1.82, 2.24) is 10.3 Å². The molecule has 0 spiro atoms. The van der Waals surface area contributed by atoms with Crippen LogP contribution >= 0.6 is 27.5 Å². The molecule has 1 atom stereocenters. The Balaban J connectivity index is 2.25. The van der Waals surface area contributed by atoms with E-state index in [0.717, 1.165) is 28.9 Å². The molecule has 1 unspecified atom stereocenters. The van der Waals surface area contributed by atoms with Crippen molar-refractivity contribution >= 4 is 27.5 Å². The van der Waals surface area contributed by atoms with Gasteiger partial charge in [-0.3, -0.25) is 4.98 Å². The molecule has 2 aromatic rings. The average molecular weight is 368 g/mol. The standard InChI is InChI=1S/C17H20BrClN2/c1-3-4-21-17(8-13-7-15(18)11-20-10-13)14-5-12(2)6-16(19)9-14/h5-7,9-11,17,21H,3-4,8H2,1-2H3. The van der Waals surface area contributed by atoms with Gasteiger partial charge in [-0.05, 0) is 77.1 Å². The summed E-state index contributed by atoms with van der Waals surface area (Å²) in [7, 11) is 0. The topological polar surface area (TPSA) is 24.9 Å². The minimum atomic E-state index is 0.249. The van der Waals surface area contributed by atoms with Gasteiger partial charge < -0.3 is 5.32 Å². The van der Waals surface area contributed by atoms with Crippen molar-refractivity contribution in [3.05, 3.63) is 62.8 Å². The van der Waals surface area contributed by atoms with Crippen molar-refractivity contribution in [3.63, 3.8) is 0 Å². The van der Waals surface area contributed by atoms with Crippen LogP contribution in [0.1, 0.15) is 36.1 Å². The summed E-state index contributed by atoms with van der Waals surface area (Å²) in [5, 5.41) is 4.40. The highest BCUT2D eigenvalue weighted by atomic mass is 79.9. The molecule has 0 saturated carbocycles. The maximum atomic E-state index is 6.21. The van der Waals surface area contributed by atoms with Gasteiger partial charge in [0.1, 0.15) is 0 Å². The fourth-order valence-corrected chi connectivity index (χ4v) is 3.11. The molecule has 0 radical (unpaired) electrons. The van der Waals surface area contributed by atoms with Gasteiger partial charge in [-0.2, -0.15) is 0 Å². The molecule has 1 aromatic heterocycles. The number of halogens is 2. The second kappa shape index (κ2) is 7.92. The first-order chi connectivity index (χ1) is 10.1. The molecule has 0 fully saturated rings. The van der Waals surface area contributed by atoms with Gasteiger partial charge in [0.15, 0.2) is 0 Å². The van der Waals surface area contributed by atoms with Crippen LogP contribution in [0.15, 0.2) is 41.1 Å². The maximum Gasteiger partial charge on any atom is 0.0411 e. The molecule has 112 valence electrons. The second-order valence-electron chi connectivity index (χ2n) is 5.28. The Morgan fingerprint density at radius 3 is 2.71 bits per heavy atom. The lowest BCUT2D eigenvalue weighted by molar-refractivity contribution is 0.528. The number of hydrogen-bond donors (Lipinski definition) is 1. The van der Waals surface area contributed by atoms with E-state index in [0.29, 0.717) is 0 Å². The molecule has 1 aromatic carbocycles. The molecule has 2 rings (SSSR count). The Bertz CT molecular complexity index is 581. The summed E-state index contributed by atoms with van der Waals surface area (Å²) >= 11 is 9.69. The first kappa shape index (κ1) is 16.5. The van der Waals surface area contributed by atoms with E-state index >= 15 is 0 Å². The van der Waals surface area contributed by atoms with Gasteiger partial charge >= 0.3 is 0 Å². The van der Waals surface area contributed by atoms with Crippen LogP contribution in [-0.2, 0) is 6.42 Å². The Morgan fingerprint density at radius 1 is 1.24 bits per heavy atom. The first-order valence-electron chi connectivity index (χ1n) is 7.18. The third-order valence-corrected chi connectivity index (χ3v) is 3.96. The van der Waals surface area contributed by atoms with Crippen molar-refractivity contribution in [3.8, 4) is 0 Å². The molecule has 0 aliphatic rings. The molecule has 1 N–H and O–H groups in total. The number of rotatable bonds is 6. The fraction of sp³-hybridized carbons (Fsp3) is 0.353. The van der Waals surface area contributed by atoms with Crippen LogP contribution in [0.2, 0.25) is 5.02 Å². The molecule has 0 saturated heterocycles. The lowest BCUT2D eigenvalue weighted by Gasteiger charge is -2.20. The summed E-state index contributed by atoms with van der Waals surface area (Å²) in [6.07, 6.45) is 5.73.